The summed E-state index contributed by atoms with van der Waals surface area (Å²) >= 11 is 0. The van der Waals surface area contributed by atoms with Crippen LogP contribution in [0.4, 0.5) is 0 Å². The van der Waals surface area contributed by atoms with Crippen molar-refractivity contribution >= 4 is 5.78 Å². The largest absolute Gasteiger partial charge is 0.334 e. The molecule has 0 aromatic heterocycles. The fourth-order valence-electron chi connectivity index (χ4n) is 1.43. The molecule has 1 aromatic rings. The monoisotopic (exact) mass is 305 g/mol. The second-order valence-electron chi connectivity index (χ2n) is 5.45. The summed E-state index contributed by atoms with van der Waals surface area (Å²) in [6, 6.07) is 9.19. The predicted molar refractivity (Wildman–Crippen MR) is 67.3 cm³/mol. The third-order valence-corrected chi connectivity index (χ3v) is 2.64. The first-order valence-electron chi connectivity index (χ1n) is 5.65. The Hall–Kier alpha value is -0.136. The zero-order chi connectivity index (χ0) is 12.3. The van der Waals surface area contributed by atoms with Crippen molar-refractivity contribution in [2.24, 2.45) is 0 Å². The molecule has 0 atom stereocenters. The Kier molecular flexibility index (Phi) is 6.65. The third kappa shape index (κ3) is 5.35. The van der Waals surface area contributed by atoms with Crippen molar-refractivity contribution in [2.45, 2.75) is 46.5 Å². The Labute approximate surface area is 130 Å². The minimum atomic E-state index is 0. The van der Waals surface area contributed by atoms with Crippen molar-refractivity contribution < 1.29 is 37.5 Å². The molecule has 1 rings (SSSR count). The number of Topliss-reactive ketones (excluding diaryl/α,β-unsaturated/α-hetero) is 1. The van der Waals surface area contributed by atoms with Crippen LogP contribution in [0.2, 0.25) is 0 Å². The number of carbonyl (C=O) groups excluding carboxylic acids is 1. The van der Waals surface area contributed by atoms with Crippen molar-refractivity contribution in [1.29, 1.82) is 0 Å². The van der Waals surface area contributed by atoms with Gasteiger partial charge in [0.2, 0.25) is 0 Å². The van der Waals surface area contributed by atoms with Gasteiger partial charge in [-0.25, -0.2) is 0 Å². The number of hydrogen-bond acceptors (Lipinski definition) is 1. The van der Waals surface area contributed by atoms with Crippen LogP contribution >= 0.6 is 0 Å². The molecule has 2 heteroatoms. The number of rotatable bonds is 3. The molecule has 0 N–H and O–H groups in total. The average molecular weight is 305 g/mol. The van der Waals surface area contributed by atoms with Gasteiger partial charge in [-0.1, -0.05) is 20.8 Å². The van der Waals surface area contributed by atoms with Crippen molar-refractivity contribution in [3.63, 3.8) is 0 Å². The fourth-order valence-corrected chi connectivity index (χ4v) is 1.43. The maximum atomic E-state index is 11.6. The van der Waals surface area contributed by atoms with Gasteiger partial charge in [0.15, 0.2) is 0 Å². The molecule has 0 aliphatic rings. The molecule has 1 radical (unpaired) electrons. The summed E-state index contributed by atoms with van der Waals surface area (Å²) in [6.45, 7) is 10.2. The quantitative estimate of drug-likeness (QED) is 0.781. The molecule has 1 nitrogen and oxygen atoms in total. The van der Waals surface area contributed by atoms with Gasteiger partial charge in [0.05, 0.1) is 0 Å². The van der Waals surface area contributed by atoms with Crippen molar-refractivity contribution in [3.8, 4) is 0 Å². The first-order chi connectivity index (χ1) is 7.30. The van der Waals surface area contributed by atoms with Crippen LogP contribution in [0, 0.1) is 12.0 Å². The average Bonchev–Trinajstić information content (AvgIpc) is 2.16. The molecule has 0 bridgehead atoms. The van der Waals surface area contributed by atoms with E-state index < -0.39 is 0 Å². The summed E-state index contributed by atoms with van der Waals surface area (Å²) in [6.07, 6.45) is 0.465. The van der Waals surface area contributed by atoms with Gasteiger partial charge in [0.25, 0.3) is 0 Å². The Balaban J connectivity index is 0.00000256. The molecule has 0 spiro atoms. The smallest absolute Gasteiger partial charge is 0.00335 e. The van der Waals surface area contributed by atoms with E-state index in [1.54, 1.807) is 0 Å². The zero-order valence-electron chi connectivity index (χ0n) is 11.4. The van der Waals surface area contributed by atoms with E-state index in [1.807, 2.05) is 19.9 Å². The Bertz CT molecular complexity index is 375. The molecule has 0 unspecified atom stereocenters. The summed E-state index contributed by atoms with van der Waals surface area (Å²) in [7, 11) is 0. The van der Waals surface area contributed by atoms with Gasteiger partial charge in [0, 0.05) is 38.5 Å². The van der Waals surface area contributed by atoms with Gasteiger partial charge < -0.3 is 10.7 Å². The molecule has 0 amide bonds. The van der Waals surface area contributed by atoms with Crippen LogP contribution in [0.25, 0.3) is 0 Å². The molecule has 0 saturated heterocycles. The van der Waals surface area contributed by atoms with Gasteiger partial charge in [-0.3, -0.25) is 0 Å². The number of benzene rings is 1. The van der Waals surface area contributed by atoms with Crippen LogP contribution in [0.1, 0.15) is 45.7 Å². The van der Waals surface area contributed by atoms with E-state index in [0.717, 1.165) is 11.5 Å². The topological polar surface area (TPSA) is 17.1 Å². The van der Waals surface area contributed by atoms with E-state index >= 15 is 0 Å². The van der Waals surface area contributed by atoms with E-state index in [9.17, 15) is 4.79 Å². The SMILES string of the molecule is C[C-](C)C(=O)Cc1[c-]ccc(C(C)(C)C)c1.[Y]. The van der Waals surface area contributed by atoms with E-state index in [-0.39, 0.29) is 43.9 Å². The maximum Gasteiger partial charge on any atom is 0.00335 e. The van der Waals surface area contributed by atoms with Crippen LogP contribution in [-0.2, 0) is 49.3 Å². The number of hydrogen-bond donors (Lipinski definition) is 0. The molecule has 0 aliphatic heterocycles. The van der Waals surface area contributed by atoms with Crippen LogP contribution in [0.5, 0.6) is 0 Å². The molecule has 1 aromatic carbocycles. The van der Waals surface area contributed by atoms with Gasteiger partial charge in [-0.2, -0.15) is 49.2 Å². The molecule has 91 valence electrons. The minimum Gasteiger partial charge on any atom is -0.334 e. The van der Waals surface area contributed by atoms with Crippen LogP contribution in [0.15, 0.2) is 18.2 Å². The molecular formula is C15H20OY-2. The van der Waals surface area contributed by atoms with E-state index in [4.69, 9.17) is 0 Å². The summed E-state index contributed by atoms with van der Waals surface area (Å²) in [4.78, 5) is 11.6. The molecular weight excluding hydrogens is 285 g/mol. The van der Waals surface area contributed by atoms with Crippen molar-refractivity contribution in [1.82, 2.24) is 0 Å². The molecule has 0 fully saturated rings. The molecule has 17 heavy (non-hydrogen) atoms. The van der Waals surface area contributed by atoms with Crippen LogP contribution < -0.4 is 0 Å². The summed E-state index contributed by atoms with van der Waals surface area (Å²) < 4.78 is 0. The predicted octanol–water partition coefficient (Wildman–Crippen LogP) is 3.51. The van der Waals surface area contributed by atoms with Crippen molar-refractivity contribution in [2.75, 3.05) is 0 Å². The number of carbonyl (C=O) groups is 1. The Morgan fingerprint density at radius 1 is 1.35 bits per heavy atom. The normalized spacial score (nSPS) is 10.6. The van der Waals surface area contributed by atoms with Crippen molar-refractivity contribution in [3.05, 3.63) is 41.3 Å². The van der Waals surface area contributed by atoms with Crippen LogP contribution in [-0.4, -0.2) is 5.78 Å². The summed E-state index contributed by atoms with van der Waals surface area (Å²) in [5.41, 5.74) is 2.36. The second kappa shape index (κ2) is 6.70. The standard InChI is InChI=1S/C15H20O.Y/c1-11(2)14(16)10-12-7-6-8-13(9-12)15(3,4)5;/h6,8-9H,10H2,1-5H3;/q-2;. The van der Waals surface area contributed by atoms with E-state index in [2.05, 4.69) is 39.0 Å². The third-order valence-electron chi connectivity index (χ3n) is 2.64. The van der Waals surface area contributed by atoms with Gasteiger partial charge in [0.1, 0.15) is 0 Å². The number of ketones is 1. The molecule has 0 heterocycles. The minimum absolute atomic E-state index is 0. The summed E-state index contributed by atoms with van der Waals surface area (Å²) in [5, 5.41) is 0. The first kappa shape index (κ1) is 16.9. The van der Waals surface area contributed by atoms with Gasteiger partial charge in [-0.15, -0.1) is 0 Å². The molecule has 0 aliphatic carbocycles. The van der Waals surface area contributed by atoms with E-state index in [0.29, 0.717) is 6.42 Å². The fraction of sp³-hybridized carbons (Fsp3) is 0.467. The van der Waals surface area contributed by atoms with Crippen LogP contribution in [0.3, 0.4) is 0 Å². The Morgan fingerprint density at radius 2 is 1.94 bits per heavy atom. The first-order valence-corrected chi connectivity index (χ1v) is 5.65. The summed E-state index contributed by atoms with van der Waals surface area (Å²) in [5.74, 6) is 1.05. The maximum absolute atomic E-state index is 11.6. The zero-order valence-corrected chi connectivity index (χ0v) is 14.3. The Morgan fingerprint density at radius 3 is 2.41 bits per heavy atom. The second-order valence-corrected chi connectivity index (χ2v) is 5.45. The van der Waals surface area contributed by atoms with Gasteiger partial charge in [-0.05, 0) is 11.8 Å². The van der Waals surface area contributed by atoms with Gasteiger partial charge >= 0.3 is 0 Å². The molecule has 0 saturated carbocycles. The van der Waals surface area contributed by atoms with E-state index in [1.165, 1.54) is 5.56 Å².